The molecule has 0 saturated heterocycles. The number of anilines is 1. The average molecular weight is 543 g/mol. The molecule has 1 aliphatic heterocycles. The van der Waals surface area contributed by atoms with Gasteiger partial charge in [-0.2, -0.15) is 0 Å². The van der Waals surface area contributed by atoms with E-state index in [0.717, 1.165) is 53.8 Å². The molecule has 3 rings (SSSR count). The topological polar surface area (TPSA) is 87.6 Å². The number of fused-ring (bicyclic) bond motifs is 1. The number of halogens is 1. The minimum Gasteiger partial charge on any atom is -0.492 e. The fraction of sp³-hybridized carbons (Fsp3) is 0.476. The van der Waals surface area contributed by atoms with Crippen molar-refractivity contribution in [3.05, 3.63) is 39.8 Å². The smallest absolute Gasteiger partial charge is 0.224 e. The summed E-state index contributed by atoms with van der Waals surface area (Å²) >= 11 is 1.76. The van der Waals surface area contributed by atoms with Crippen molar-refractivity contribution in [2.45, 2.75) is 39.5 Å². The highest BCUT2D eigenvalue weighted by Gasteiger charge is 2.14. The molecule has 9 heteroatoms. The van der Waals surface area contributed by atoms with E-state index in [9.17, 15) is 4.79 Å². The molecule has 2 aromatic rings. The first-order valence-corrected chi connectivity index (χ1v) is 11.0. The normalized spacial score (nSPS) is 13.1. The van der Waals surface area contributed by atoms with Gasteiger partial charge in [-0.25, -0.2) is 4.98 Å². The van der Waals surface area contributed by atoms with Crippen LogP contribution in [0.3, 0.4) is 0 Å². The number of nitrogens with zero attached hydrogens (tertiary/aromatic N) is 2. The fourth-order valence-corrected chi connectivity index (χ4v) is 3.87. The minimum atomic E-state index is 0. The third kappa shape index (κ3) is 7.42. The van der Waals surface area contributed by atoms with Crippen LogP contribution in [0.2, 0.25) is 0 Å². The maximum absolute atomic E-state index is 11.4. The van der Waals surface area contributed by atoms with Crippen molar-refractivity contribution < 1.29 is 9.53 Å². The van der Waals surface area contributed by atoms with Crippen LogP contribution in [-0.2, 0) is 24.1 Å². The van der Waals surface area contributed by atoms with Crippen molar-refractivity contribution in [3.8, 4) is 5.75 Å². The van der Waals surface area contributed by atoms with Crippen molar-refractivity contribution >= 4 is 52.9 Å². The first-order chi connectivity index (χ1) is 14.2. The van der Waals surface area contributed by atoms with Crippen LogP contribution in [0.25, 0.3) is 0 Å². The quantitative estimate of drug-likeness (QED) is 0.196. The Kier molecular flexibility index (Phi) is 10.4. The van der Waals surface area contributed by atoms with Gasteiger partial charge in [-0.05, 0) is 43.5 Å². The van der Waals surface area contributed by atoms with Gasteiger partial charge in [-0.15, -0.1) is 35.3 Å². The summed E-state index contributed by atoms with van der Waals surface area (Å²) in [5.41, 5.74) is 2.01. The van der Waals surface area contributed by atoms with Gasteiger partial charge in [0, 0.05) is 42.7 Å². The van der Waals surface area contributed by atoms with E-state index in [1.807, 2.05) is 31.3 Å². The molecule has 1 aromatic carbocycles. The lowest BCUT2D eigenvalue weighted by molar-refractivity contribution is -0.116. The van der Waals surface area contributed by atoms with Crippen LogP contribution in [0, 0.1) is 0 Å². The van der Waals surface area contributed by atoms with Gasteiger partial charge in [0.1, 0.15) is 12.4 Å². The average Bonchev–Trinajstić information content (AvgIpc) is 3.19. The van der Waals surface area contributed by atoms with E-state index in [1.165, 1.54) is 4.88 Å². The standard InChI is InChI=1S/C21H29N5O2S.HI/c1-3-17-14-25-20(29-17)9-10-23-21(22-4-2)24-11-12-28-16-6-7-18-15(13-16)5-8-19(27)26-18;/h6-7,13-14H,3-5,8-12H2,1-2H3,(H,26,27)(H2,22,23,24);1H. The van der Waals surface area contributed by atoms with E-state index in [4.69, 9.17) is 4.74 Å². The highest BCUT2D eigenvalue weighted by atomic mass is 127. The van der Waals surface area contributed by atoms with Gasteiger partial charge < -0.3 is 20.7 Å². The second kappa shape index (κ2) is 12.7. The number of benzene rings is 1. The third-order valence-corrected chi connectivity index (χ3v) is 5.73. The Morgan fingerprint density at radius 1 is 1.30 bits per heavy atom. The Bertz CT molecular complexity index is 856. The van der Waals surface area contributed by atoms with Crippen LogP contribution in [0.5, 0.6) is 5.75 Å². The number of hydrogen-bond acceptors (Lipinski definition) is 5. The van der Waals surface area contributed by atoms with Gasteiger partial charge in [-0.3, -0.25) is 9.79 Å². The molecule has 0 unspecified atom stereocenters. The molecule has 164 valence electrons. The Balaban J connectivity index is 0.00000320. The number of thiazole rings is 1. The number of hydrogen-bond donors (Lipinski definition) is 3. The largest absolute Gasteiger partial charge is 0.492 e. The van der Waals surface area contributed by atoms with Crippen LogP contribution in [0.1, 0.15) is 35.7 Å². The number of rotatable bonds is 9. The number of carbonyl (C=O) groups excluding carboxylic acids is 1. The van der Waals surface area contributed by atoms with E-state index >= 15 is 0 Å². The Morgan fingerprint density at radius 3 is 2.93 bits per heavy atom. The van der Waals surface area contributed by atoms with E-state index in [2.05, 4.69) is 32.9 Å². The highest BCUT2D eigenvalue weighted by Crippen LogP contribution is 2.26. The molecule has 30 heavy (non-hydrogen) atoms. The molecule has 7 nitrogen and oxygen atoms in total. The summed E-state index contributed by atoms with van der Waals surface area (Å²) in [6.45, 7) is 6.88. The van der Waals surface area contributed by atoms with Crippen molar-refractivity contribution in [2.75, 3.05) is 31.6 Å². The molecule has 0 bridgehead atoms. The monoisotopic (exact) mass is 543 g/mol. The summed E-state index contributed by atoms with van der Waals surface area (Å²) in [6.07, 6.45) is 5.13. The van der Waals surface area contributed by atoms with E-state index in [-0.39, 0.29) is 29.9 Å². The Labute approximate surface area is 199 Å². The molecule has 1 amide bonds. The molecule has 0 fully saturated rings. The number of aliphatic imine (C=N–C) groups is 1. The number of amides is 1. The Hall–Kier alpha value is -1.88. The van der Waals surface area contributed by atoms with Gasteiger partial charge in [0.2, 0.25) is 5.91 Å². The van der Waals surface area contributed by atoms with E-state index in [1.54, 1.807) is 11.3 Å². The SMILES string of the molecule is CCNC(=NCCc1ncc(CC)s1)NCCOc1ccc2c(c1)CCC(=O)N2.I. The van der Waals surface area contributed by atoms with Crippen molar-refractivity contribution in [1.82, 2.24) is 15.6 Å². The maximum Gasteiger partial charge on any atom is 0.224 e. The summed E-state index contributed by atoms with van der Waals surface area (Å²) in [7, 11) is 0. The molecule has 0 saturated carbocycles. The minimum absolute atomic E-state index is 0. The summed E-state index contributed by atoms with van der Waals surface area (Å²) in [5, 5.41) is 10.6. The molecule has 0 atom stereocenters. The first-order valence-electron chi connectivity index (χ1n) is 10.2. The zero-order chi connectivity index (χ0) is 20.5. The highest BCUT2D eigenvalue weighted by molar-refractivity contribution is 14.0. The van der Waals surface area contributed by atoms with Crippen molar-refractivity contribution in [3.63, 3.8) is 0 Å². The number of guanidine groups is 1. The number of aryl methyl sites for hydroxylation is 2. The lowest BCUT2D eigenvalue weighted by Crippen LogP contribution is -2.39. The summed E-state index contributed by atoms with van der Waals surface area (Å²) < 4.78 is 5.85. The lowest BCUT2D eigenvalue weighted by atomic mass is 10.0. The number of carbonyl (C=O) groups is 1. The first kappa shape index (κ1) is 24.4. The molecule has 0 spiro atoms. The van der Waals surface area contributed by atoms with E-state index in [0.29, 0.717) is 26.1 Å². The van der Waals surface area contributed by atoms with Crippen molar-refractivity contribution in [1.29, 1.82) is 0 Å². The second-order valence-electron chi connectivity index (χ2n) is 6.73. The van der Waals surface area contributed by atoms with Gasteiger partial charge in [0.25, 0.3) is 0 Å². The molecule has 3 N–H and O–H groups in total. The van der Waals surface area contributed by atoms with Gasteiger partial charge in [0.05, 0.1) is 11.6 Å². The third-order valence-electron chi connectivity index (χ3n) is 4.53. The van der Waals surface area contributed by atoms with E-state index < -0.39 is 0 Å². The van der Waals surface area contributed by atoms with Crippen LogP contribution < -0.4 is 20.7 Å². The summed E-state index contributed by atoms with van der Waals surface area (Å²) in [6, 6.07) is 5.80. The lowest BCUT2D eigenvalue weighted by Gasteiger charge is -2.18. The summed E-state index contributed by atoms with van der Waals surface area (Å²) in [5.74, 6) is 1.68. The number of nitrogens with one attached hydrogen (secondary N) is 3. The molecular formula is C21H30IN5O2S. The van der Waals surface area contributed by atoms with Crippen LogP contribution in [-0.4, -0.2) is 43.1 Å². The molecular weight excluding hydrogens is 513 g/mol. The molecule has 2 heterocycles. The predicted molar refractivity (Wildman–Crippen MR) is 133 cm³/mol. The van der Waals surface area contributed by atoms with Crippen molar-refractivity contribution in [2.24, 2.45) is 4.99 Å². The Morgan fingerprint density at radius 2 is 2.17 bits per heavy atom. The molecule has 1 aromatic heterocycles. The number of ether oxygens (including phenoxy) is 1. The summed E-state index contributed by atoms with van der Waals surface area (Å²) in [4.78, 5) is 21.8. The zero-order valence-electron chi connectivity index (χ0n) is 17.5. The zero-order valence-corrected chi connectivity index (χ0v) is 20.6. The van der Waals surface area contributed by atoms with Gasteiger partial charge >= 0.3 is 0 Å². The predicted octanol–water partition coefficient (Wildman–Crippen LogP) is 3.38. The molecule has 1 aliphatic rings. The molecule has 0 aliphatic carbocycles. The van der Waals surface area contributed by atoms with Crippen LogP contribution in [0.15, 0.2) is 29.4 Å². The fourth-order valence-electron chi connectivity index (χ4n) is 3.02. The molecule has 0 radical (unpaired) electrons. The van der Waals surface area contributed by atoms with Gasteiger partial charge in [-0.1, -0.05) is 6.92 Å². The van der Waals surface area contributed by atoms with Gasteiger partial charge in [0.15, 0.2) is 5.96 Å². The van der Waals surface area contributed by atoms with Crippen LogP contribution >= 0.6 is 35.3 Å². The maximum atomic E-state index is 11.4. The second-order valence-corrected chi connectivity index (χ2v) is 7.93. The number of aromatic nitrogens is 1. The van der Waals surface area contributed by atoms with Crippen LogP contribution in [0.4, 0.5) is 5.69 Å².